The minimum absolute atomic E-state index is 0.0462. The zero-order valence-corrected chi connectivity index (χ0v) is 16.9. The van der Waals surface area contributed by atoms with E-state index in [1.165, 1.54) is 0 Å². The molecule has 0 radical (unpaired) electrons. The number of carbonyl (C=O) groups excluding carboxylic acids is 2. The van der Waals surface area contributed by atoms with Crippen LogP contribution in [0.1, 0.15) is 25.7 Å². The molecule has 4 N–H and O–H groups in total. The number of nitrogens with one attached hydrogen (secondary N) is 2. The van der Waals surface area contributed by atoms with E-state index < -0.39 is 0 Å². The van der Waals surface area contributed by atoms with Gasteiger partial charge in [-0.3, -0.25) is 15.0 Å². The molecule has 8 nitrogen and oxygen atoms in total. The van der Waals surface area contributed by atoms with Gasteiger partial charge in [0.15, 0.2) is 0 Å². The average molecular weight is 401 g/mol. The molecule has 3 atom stereocenters. The maximum atomic E-state index is 11.9. The molecule has 9 heteroatoms. The molecule has 0 bridgehead atoms. The second kappa shape index (κ2) is 11.6. The number of nitrogens with two attached hydrogens (primary N) is 1. The molecular weight excluding hydrogens is 368 g/mol. The van der Waals surface area contributed by atoms with E-state index in [-0.39, 0.29) is 29.5 Å². The molecule has 0 aromatic heterocycles. The molecule has 2 aliphatic rings. The number of thioether (sulfide) groups is 1. The van der Waals surface area contributed by atoms with E-state index in [0.717, 1.165) is 25.0 Å². The fraction of sp³-hybridized carbons (Fsp3) is 0.833. The summed E-state index contributed by atoms with van der Waals surface area (Å²) in [6.45, 7) is 3.06. The Morgan fingerprint density at radius 3 is 2.78 bits per heavy atom. The van der Waals surface area contributed by atoms with Crippen LogP contribution < -0.4 is 11.1 Å². The van der Waals surface area contributed by atoms with Crippen LogP contribution in [0.5, 0.6) is 0 Å². The van der Waals surface area contributed by atoms with Gasteiger partial charge in [-0.1, -0.05) is 6.42 Å². The molecule has 2 rings (SSSR count). The second-order valence-corrected chi connectivity index (χ2v) is 8.18. The van der Waals surface area contributed by atoms with E-state index in [2.05, 4.69) is 5.32 Å². The Morgan fingerprint density at radius 2 is 2.04 bits per heavy atom. The van der Waals surface area contributed by atoms with Crippen molar-refractivity contribution < 1.29 is 19.1 Å². The summed E-state index contributed by atoms with van der Waals surface area (Å²) >= 11 is 1.86. The first-order chi connectivity index (χ1) is 13.1. The SMILES string of the molecule is CN1C(=O)C(=N)C2CS[C@@H](CCCCC(=O)NCCOCCOCCN)C21. The number of unbranched alkanes of at least 4 members (excludes halogenated alkanes) is 1. The minimum Gasteiger partial charge on any atom is -0.378 e. The van der Waals surface area contributed by atoms with Crippen LogP contribution in [0.25, 0.3) is 0 Å². The molecular formula is C18H32N4O4S. The summed E-state index contributed by atoms with van der Waals surface area (Å²) in [7, 11) is 1.81. The third-order valence-corrected chi connectivity index (χ3v) is 6.49. The molecule has 2 fully saturated rings. The highest BCUT2D eigenvalue weighted by molar-refractivity contribution is 8.00. The molecule has 2 saturated heterocycles. The molecule has 0 aliphatic carbocycles. The molecule has 2 heterocycles. The zero-order chi connectivity index (χ0) is 19.6. The Kier molecular flexibility index (Phi) is 9.53. The van der Waals surface area contributed by atoms with Gasteiger partial charge in [0, 0.05) is 43.5 Å². The van der Waals surface area contributed by atoms with Crippen molar-refractivity contribution in [1.29, 1.82) is 5.41 Å². The predicted octanol–water partition coefficient (Wildman–Crippen LogP) is 0.247. The van der Waals surface area contributed by atoms with Crippen molar-refractivity contribution in [3.8, 4) is 0 Å². The monoisotopic (exact) mass is 400 g/mol. The Bertz CT molecular complexity index is 520. The number of ether oxygens (including phenoxy) is 2. The third kappa shape index (κ3) is 6.44. The molecule has 2 amide bonds. The first-order valence-corrected chi connectivity index (χ1v) is 10.7. The number of fused-ring (bicyclic) bond motifs is 1. The lowest BCUT2D eigenvalue weighted by molar-refractivity contribution is -0.123. The van der Waals surface area contributed by atoms with Crippen LogP contribution >= 0.6 is 11.8 Å². The molecule has 0 aromatic carbocycles. The molecule has 0 aromatic rings. The summed E-state index contributed by atoms with van der Waals surface area (Å²) in [4.78, 5) is 25.5. The van der Waals surface area contributed by atoms with E-state index in [1.54, 1.807) is 11.9 Å². The number of hydrogen-bond acceptors (Lipinski definition) is 7. The third-order valence-electron chi connectivity index (χ3n) is 5.00. The highest BCUT2D eigenvalue weighted by Gasteiger charge is 2.50. The summed E-state index contributed by atoms with van der Waals surface area (Å²) in [5.41, 5.74) is 5.58. The standard InChI is InChI=1S/C18H32N4O4S/c1-22-17-13(16(20)18(22)24)12-27-14(17)4-2-3-5-15(23)21-7-9-26-11-10-25-8-6-19/h13-14,17,20H,2-12,19H2,1H3,(H,21,23)/t13?,14-,17?/m0/s1. The van der Waals surface area contributed by atoms with Crippen molar-refractivity contribution in [2.75, 3.05) is 52.3 Å². The van der Waals surface area contributed by atoms with Crippen molar-refractivity contribution in [1.82, 2.24) is 10.2 Å². The summed E-state index contributed by atoms with van der Waals surface area (Å²) in [6, 6.07) is 0.162. The molecule has 2 unspecified atom stereocenters. The highest BCUT2D eigenvalue weighted by atomic mass is 32.2. The van der Waals surface area contributed by atoms with E-state index in [0.29, 0.717) is 51.2 Å². The topological polar surface area (TPSA) is 118 Å². The maximum absolute atomic E-state index is 11.9. The van der Waals surface area contributed by atoms with Crippen LogP contribution in [-0.4, -0.2) is 86.0 Å². The molecule has 0 saturated carbocycles. The molecule has 0 spiro atoms. The quantitative estimate of drug-likeness (QED) is 0.381. The van der Waals surface area contributed by atoms with Crippen LogP contribution in [0.15, 0.2) is 0 Å². The molecule has 2 aliphatic heterocycles. The molecule has 27 heavy (non-hydrogen) atoms. The lowest BCUT2D eigenvalue weighted by Crippen LogP contribution is -2.36. The van der Waals surface area contributed by atoms with Gasteiger partial charge in [-0.15, -0.1) is 0 Å². The van der Waals surface area contributed by atoms with Crippen LogP contribution in [-0.2, 0) is 19.1 Å². The van der Waals surface area contributed by atoms with E-state index in [9.17, 15) is 9.59 Å². The van der Waals surface area contributed by atoms with Crippen LogP contribution in [0.2, 0.25) is 0 Å². The van der Waals surface area contributed by atoms with Gasteiger partial charge in [-0.25, -0.2) is 0 Å². The number of likely N-dealkylation sites (tertiary alicyclic amines) is 1. The summed E-state index contributed by atoms with van der Waals surface area (Å²) < 4.78 is 10.5. The van der Waals surface area contributed by atoms with Gasteiger partial charge in [0.1, 0.15) is 5.71 Å². The lowest BCUT2D eigenvalue weighted by atomic mass is 9.96. The van der Waals surface area contributed by atoms with Crippen molar-refractivity contribution in [3.63, 3.8) is 0 Å². The van der Waals surface area contributed by atoms with Gasteiger partial charge >= 0.3 is 0 Å². The Balaban J connectivity index is 1.49. The molecule has 154 valence electrons. The number of nitrogens with zero attached hydrogens (tertiary/aromatic N) is 1. The van der Waals surface area contributed by atoms with Gasteiger partial charge in [0.25, 0.3) is 5.91 Å². The number of hydrogen-bond donors (Lipinski definition) is 3. The highest BCUT2D eigenvalue weighted by Crippen LogP contribution is 2.41. The summed E-state index contributed by atoms with van der Waals surface area (Å²) in [5.74, 6) is 0.872. The zero-order valence-electron chi connectivity index (χ0n) is 16.1. The first-order valence-electron chi connectivity index (χ1n) is 9.65. The van der Waals surface area contributed by atoms with Gasteiger partial charge in [-0.05, 0) is 12.8 Å². The normalized spacial score (nSPS) is 24.5. The van der Waals surface area contributed by atoms with E-state index >= 15 is 0 Å². The second-order valence-electron chi connectivity index (χ2n) is 6.91. The predicted molar refractivity (Wildman–Crippen MR) is 106 cm³/mol. The van der Waals surface area contributed by atoms with Gasteiger partial charge in [-0.2, -0.15) is 11.8 Å². The first kappa shape index (κ1) is 22.1. The smallest absolute Gasteiger partial charge is 0.267 e. The fourth-order valence-corrected chi connectivity index (χ4v) is 5.30. The number of amides is 2. The number of rotatable bonds is 13. The number of carbonyl (C=O) groups is 2. The fourth-order valence-electron chi connectivity index (χ4n) is 3.58. The van der Waals surface area contributed by atoms with Crippen molar-refractivity contribution >= 4 is 29.3 Å². The van der Waals surface area contributed by atoms with Crippen LogP contribution in [0, 0.1) is 11.3 Å². The summed E-state index contributed by atoms with van der Waals surface area (Å²) in [5, 5.41) is 11.2. The van der Waals surface area contributed by atoms with Crippen molar-refractivity contribution in [2.24, 2.45) is 11.7 Å². The Morgan fingerprint density at radius 1 is 1.30 bits per heavy atom. The van der Waals surface area contributed by atoms with Crippen LogP contribution in [0.3, 0.4) is 0 Å². The van der Waals surface area contributed by atoms with Gasteiger partial charge in [0.05, 0.1) is 32.5 Å². The van der Waals surface area contributed by atoms with Gasteiger partial charge in [0.2, 0.25) is 5.91 Å². The van der Waals surface area contributed by atoms with Gasteiger partial charge < -0.3 is 25.4 Å². The maximum Gasteiger partial charge on any atom is 0.267 e. The van der Waals surface area contributed by atoms with E-state index in [1.807, 2.05) is 11.8 Å². The minimum atomic E-state index is -0.122. The average Bonchev–Trinajstić information content (AvgIpc) is 3.17. The lowest BCUT2D eigenvalue weighted by Gasteiger charge is -2.24. The largest absolute Gasteiger partial charge is 0.378 e. The van der Waals surface area contributed by atoms with Crippen molar-refractivity contribution in [3.05, 3.63) is 0 Å². The summed E-state index contributed by atoms with van der Waals surface area (Å²) in [6.07, 6.45) is 3.29. The van der Waals surface area contributed by atoms with Crippen molar-refractivity contribution in [2.45, 2.75) is 37.0 Å². The Labute approximate surface area is 165 Å². The van der Waals surface area contributed by atoms with E-state index in [4.69, 9.17) is 20.6 Å². The van der Waals surface area contributed by atoms with Crippen LogP contribution in [0.4, 0.5) is 0 Å². The Hall–Kier alpha value is -1.16.